The van der Waals surface area contributed by atoms with E-state index in [9.17, 15) is 9.59 Å². The number of ether oxygens (including phenoxy) is 2. The summed E-state index contributed by atoms with van der Waals surface area (Å²) in [5.41, 5.74) is 0.940. The molecule has 1 aliphatic rings. The highest BCUT2D eigenvalue weighted by molar-refractivity contribution is 5.70. The fourth-order valence-corrected chi connectivity index (χ4v) is 2.29. The molecule has 1 aromatic carbocycles. The Bertz CT molecular complexity index is 525. The summed E-state index contributed by atoms with van der Waals surface area (Å²) in [6.45, 7) is 5.02. The summed E-state index contributed by atoms with van der Waals surface area (Å²) in [7, 11) is 0. The minimum Gasteiger partial charge on any atom is -0.481 e. The fourth-order valence-electron chi connectivity index (χ4n) is 2.29. The van der Waals surface area contributed by atoms with Gasteiger partial charge in [-0.05, 0) is 11.5 Å². The number of amides is 1. The normalized spacial score (nSPS) is 16.0. The molecule has 1 heterocycles. The van der Waals surface area contributed by atoms with Crippen molar-refractivity contribution in [2.24, 2.45) is 11.8 Å². The zero-order chi connectivity index (χ0) is 16.8. The molecule has 0 radical (unpaired) electrons. The number of carbonyl (C=O) groups is 2. The van der Waals surface area contributed by atoms with Crippen molar-refractivity contribution in [3.05, 3.63) is 35.9 Å². The smallest absolute Gasteiger partial charge is 0.410 e. The lowest BCUT2D eigenvalue weighted by atomic mass is 9.97. The first-order chi connectivity index (χ1) is 11.0. The topological polar surface area (TPSA) is 76.1 Å². The molecule has 6 heteroatoms. The van der Waals surface area contributed by atoms with Gasteiger partial charge in [-0.15, -0.1) is 0 Å². The lowest BCUT2D eigenvalue weighted by Crippen LogP contribution is -2.55. The average Bonchev–Trinajstić information content (AvgIpc) is 2.47. The Morgan fingerprint density at radius 1 is 1.26 bits per heavy atom. The zero-order valence-corrected chi connectivity index (χ0v) is 13.5. The van der Waals surface area contributed by atoms with Crippen LogP contribution in [0.25, 0.3) is 0 Å². The van der Waals surface area contributed by atoms with Crippen molar-refractivity contribution >= 4 is 12.1 Å². The summed E-state index contributed by atoms with van der Waals surface area (Å²) in [6, 6.07) is 9.49. The first-order valence-electron chi connectivity index (χ1n) is 7.77. The van der Waals surface area contributed by atoms with E-state index in [0.717, 1.165) is 5.56 Å². The first-order valence-corrected chi connectivity index (χ1v) is 7.77. The van der Waals surface area contributed by atoms with Gasteiger partial charge < -0.3 is 19.5 Å². The van der Waals surface area contributed by atoms with Crippen LogP contribution in [-0.4, -0.2) is 47.9 Å². The second kappa shape index (κ2) is 7.97. The van der Waals surface area contributed by atoms with Crippen LogP contribution in [0.4, 0.5) is 4.79 Å². The summed E-state index contributed by atoms with van der Waals surface area (Å²) in [6.07, 6.45) is -0.479. The molecule has 23 heavy (non-hydrogen) atoms. The van der Waals surface area contributed by atoms with Crippen molar-refractivity contribution in [2.45, 2.75) is 26.6 Å². The van der Waals surface area contributed by atoms with E-state index >= 15 is 0 Å². The Kier molecular flexibility index (Phi) is 5.98. The molecule has 6 nitrogen and oxygen atoms in total. The number of carboxylic acids is 1. The van der Waals surface area contributed by atoms with Crippen LogP contribution in [0.2, 0.25) is 0 Å². The molecule has 1 amide bonds. The van der Waals surface area contributed by atoms with Gasteiger partial charge in [0, 0.05) is 0 Å². The molecule has 1 unspecified atom stereocenters. The third-order valence-corrected chi connectivity index (χ3v) is 3.94. The Hall–Kier alpha value is -2.08. The maximum atomic E-state index is 11.9. The van der Waals surface area contributed by atoms with Crippen LogP contribution in [0.15, 0.2) is 30.3 Å². The van der Waals surface area contributed by atoms with Crippen molar-refractivity contribution in [1.29, 1.82) is 0 Å². The second-order valence-corrected chi connectivity index (χ2v) is 6.09. The Morgan fingerprint density at radius 3 is 2.48 bits per heavy atom. The molecule has 1 aliphatic heterocycles. The van der Waals surface area contributed by atoms with Crippen molar-refractivity contribution < 1.29 is 24.2 Å². The summed E-state index contributed by atoms with van der Waals surface area (Å²) in [5.74, 6) is -1.35. The van der Waals surface area contributed by atoms with Gasteiger partial charge in [-0.25, -0.2) is 4.79 Å². The van der Waals surface area contributed by atoms with Crippen molar-refractivity contribution in [1.82, 2.24) is 4.90 Å². The van der Waals surface area contributed by atoms with Crippen LogP contribution in [0.5, 0.6) is 0 Å². The highest BCUT2D eigenvalue weighted by Crippen LogP contribution is 2.18. The third kappa shape index (κ3) is 4.96. The van der Waals surface area contributed by atoms with E-state index in [1.165, 1.54) is 0 Å². The monoisotopic (exact) mass is 321 g/mol. The lowest BCUT2D eigenvalue weighted by molar-refractivity contribution is -0.148. The Balaban J connectivity index is 1.66. The number of carboxylic acid groups (broad SMARTS) is 1. The number of nitrogens with zero attached hydrogens (tertiary/aromatic N) is 1. The Morgan fingerprint density at radius 2 is 1.91 bits per heavy atom. The van der Waals surface area contributed by atoms with Crippen LogP contribution in [-0.2, 0) is 20.9 Å². The summed E-state index contributed by atoms with van der Waals surface area (Å²) in [5, 5.41) is 9.10. The predicted octanol–water partition coefficient (Wildman–Crippen LogP) is 2.38. The largest absolute Gasteiger partial charge is 0.481 e. The molecule has 0 spiro atoms. The van der Waals surface area contributed by atoms with Gasteiger partial charge in [0.25, 0.3) is 0 Å². The molecule has 1 saturated heterocycles. The fraction of sp³-hybridized carbons (Fsp3) is 0.529. The highest BCUT2D eigenvalue weighted by atomic mass is 16.6. The van der Waals surface area contributed by atoms with Gasteiger partial charge in [-0.3, -0.25) is 4.79 Å². The molecule has 2 rings (SSSR count). The molecule has 126 valence electrons. The average molecular weight is 321 g/mol. The van der Waals surface area contributed by atoms with Crippen LogP contribution in [0.1, 0.15) is 19.4 Å². The van der Waals surface area contributed by atoms with Crippen LogP contribution < -0.4 is 0 Å². The van der Waals surface area contributed by atoms with Crippen molar-refractivity contribution in [3.63, 3.8) is 0 Å². The van der Waals surface area contributed by atoms with E-state index in [0.29, 0.717) is 13.1 Å². The standard InChI is InChI=1S/C17H23NO5/c1-12(2)15(16(19)20)11-22-14-8-18(9-14)17(21)23-10-13-6-4-3-5-7-13/h3-7,12,14-15H,8-11H2,1-2H3,(H,19,20). The molecular weight excluding hydrogens is 298 g/mol. The van der Waals surface area contributed by atoms with Gasteiger partial charge in [0.2, 0.25) is 0 Å². The molecule has 1 N–H and O–H groups in total. The van der Waals surface area contributed by atoms with Gasteiger partial charge >= 0.3 is 12.1 Å². The third-order valence-electron chi connectivity index (χ3n) is 3.94. The molecule has 0 aliphatic carbocycles. The van der Waals surface area contributed by atoms with Gasteiger partial charge in [0.15, 0.2) is 0 Å². The van der Waals surface area contributed by atoms with E-state index in [1.807, 2.05) is 44.2 Å². The van der Waals surface area contributed by atoms with Gasteiger partial charge in [0.1, 0.15) is 6.61 Å². The van der Waals surface area contributed by atoms with Crippen LogP contribution in [0.3, 0.4) is 0 Å². The first kappa shape index (κ1) is 17.3. The second-order valence-electron chi connectivity index (χ2n) is 6.09. The highest BCUT2D eigenvalue weighted by Gasteiger charge is 2.34. The van der Waals surface area contributed by atoms with Gasteiger partial charge in [-0.1, -0.05) is 44.2 Å². The van der Waals surface area contributed by atoms with E-state index in [-0.39, 0.29) is 31.3 Å². The maximum absolute atomic E-state index is 11.9. The van der Waals surface area contributed by atoms with Crippen molar-refractivity contribution in [3.8, 4) is 0 Å². The number of hydrogen-bond donors (Lipinski definition) is 1. The molecule has 0 bridgehead atoms. The zero-order valence-electron chi connectivity index (χ0n) is 13.5. The molecule has 0 saturated carbocycles. The number of likely N-dealkylation sites (tertiary alicyclic amines) is 1. The molecule has 1 aromatic rings. The van der Waals surface area contributed by atoms with E-state index in [2.05, 4.69) is 0 Å². The summed E-state index contributed by atoms with van der Waals surface area (Å²) < 4.78 is 10.8. The van der Waals surface area contributed by atoms with Crippen LogP contribution >= 0.6 is 0 Å². The number of carbonyl (C=O) groups excluding carboxylic acids is 1. The predicted molar refractivity (Wildman–Crippen MR) is 83.9 cm³/mol. The minimum absolute atomic E-state index is 0.0134. The lowest BCUT2D eigenvalue weighted by Gasteiger charge is -2.38. The maximum Gasteiger partial charge on any atom is 0.410 e. The van der Waals surface area contributed by atoms with E-state index < -0.39 is 11.9 Å². The van der Waals surface area contributed by atoms with Crippen LogP contribution in [0, 0.1) is 11.8 Å². The quantitative estimate of drug-likeness (QED) is 0.834. The number of rotatable bonds is 7. The number of aliphatic carboxylic acids is 1. The Labute approximate surface area is 136 Å². The van der Waals surface area contributed by atoms with Crippen molar-refractivity contribution in [2.75, 3.05) is 19.7 Å². The van der Waals surface area contributed by atoms with Gasteiger partial charge in [0.05, 0.1) is 31.7 Å². The molecular formula is C17H23NO5. The van der Waals surface area contributed by atoms with E-state index in [1.54, 1.807) is 4.90 Å². The summed E-state index contributed by atoms with van der Waals surface area (Å²) >= 11 is 0. The number of hydrogen-bond acceptors (Lipinski definition) is 4. The van der Waals surface area contributed by atoms with Gasteiger partial charge in [-0.2, -0.15) is 0 Å². The number of benzene rings is 1. The molecule has 0 aromatic heterocycles. The molecule has 1 atom stereocenters. The minimum atomic E-state index is -0.849. The van der Waals surface area contributed by atoms with E-state index in [4.69, 9.17) is 14.6 Å². The summed E-state index contributed by atoms with van der Waals surface area (Å²) in [4.78, 5) is 24.5. The SMILES string of the molecule is CC(C)C(COC1CN(C(=O)OCc2ccccc2)C1)C(=O)O. The molecule has 1 fully saturated rings.